The molecule has 0 spiro atoms. The van der Waals surface area contributed by atoms with Crippen LogP contribution < -0.4 is 10.2 Å². The summed E-state index contributed by atoms with van der Waals surface area (Å²) in [7, 11) is 0. The van der Waals surface area contributed by atoms with Crippen LogP contribution in [0.4, 0.5) is 0 Å². The second kappa shape index (κ2) is 9.03. The third-order valence-corrected chi connectivity index (χ3v) is 4.99. The number of benzene rings is 2. The molecule has 5 nitrogen and oxygen atoms in total. The monoisotopic (exact) mass is 578 g/mol. The number of carbonyl (C=O) groups is 1. The van der Waals surface area contributed by atoms with Crippen LogP contribution in [0.5, 0.6) is 11.5 Å². The average Bonchev–Trinajstić information content (AvgIpc) is 2.57. The maximum absolute atomic E-state index is 11.8. The highest BCUT2D eigenvalue weighted by Gasteiger charge is 2.13. The number of phenols is 1. The van der Waals surface area contributed by atoms with Crippen molar-refractivity contribution in [2.24, 2.45) is 5.10 Å². The molecule has 0 aliphatic carbocycles. The number of nitrogens with zero attached hydrogens (tertiary/aromatic N) is 1. The fourth-order valence-electron chi connectivity index (χ4n) is 2.09. The lowest BCUT2D eigenvalue weighted by atomic mass is 9.87. The summed E-state index contributed by atoms with van der Waals surface area (Å²) in [6, 6.07) is 11.3. The van der Waals surface area contributed by atoms with Gasteiger partial charge in [0, 0.05) is 9.13 Å². The van der Waals surface area contributed by atoms with Crippen molar-refractivity contribution in [1.82, 2.24) is 5.43 Å². The molecule has 2 aromatic carbocycles. The topological polar surface area (TPSA) is 70.9 Å². The molecular formula is C19H20I2N2O3. The molecule has 0 aliphatic heterocycles. The average molecular weight is 578 g/mol. The molecule has 0 fully saturated rings. The predicted octanol–water partition coefficient (Wildman–Crippen LogP) is 4.43. The first-order valence-corrected chi connectivity index (χ1v) is 10.1. The molecule has 0 saturated heterocycles. The molecule has 0 bridgehead atoms. The van der Waals surface area contributed by atoms with Crippen molar-refractivity contribution in [3.05, 3.63) is 54.7 Å². The van der Waals surface area contributed by atoms with Crippen LogP contribution in [0.25, 0.3) is 0 Å². The van der Waals surface area contributed by atoms with E-state index < -0.39 is 0 Å². The first-order valence-electron chi connectivity index (χ1n) is 7.90. The molecule has 2 N–H and O–H groups in total. The lowest BCUT2D eigenvalue weighted by Crippen LogP contribution is -2.24. The third-order valence-electron chi connectivity index (χ3n) is 3.54. The molecule has 0 saturated carbocycles. The maximum atomic E-state index is 11.8. The van der Waals surface area contributed by atoms with Gasteiger partial charge < -0.3 is 9.84 Å². The Balaban J connectivity index is 1.88. The Bertz CT molecular complexity index is 813. The van der Waals surface area contributed by atoms with Crippen LogP contribution in [0, 0.1) is 7.14 Å². The van der Waals surface area contributed by atoms with Gasteiger partial charge >= 0.3 is 0 Å². The summed E-state index contributed by atoms with van der Waals surface area (Å²) in [5, 5.41) is 13.9. The van der Waals surface area contributed by atoms with E-state index in [0.717, 1.165) is 7.14 Å². The molecule has 0 aromatic heterocycles. The molecule has 0 aliphatic rings. The Hall–Kier alpha value is -1.36. The zero-order valence-electron chi connectivity index (χ0n) is 14.7. The molecule has 7 heteroatoms. The minimum atomic E-state index is -0.374. The van der Waals surface area contributed by atoms with Crippen LogP contribution in [0.15, 0.2) is 41.5 Å². The quantitative estimate of drug-likeness (QED) is 0.314. The summed E-state index contributed by atoms with van der Waals surface area (Å²) >= 11 is 4.20. The normalized spacial score (nSPS) is 11.6. The number of carbonyl (C=O) groups excluding carboxylic acids is 1. The van der Waals surface area contributed by atoms with Crippen molar-refractivity contribution >= 4 is 57.3 Å². The van der Waals surface area contributed by atoms with Crippen molar-refractivity contribution in [2.45, 2.75) is 26.2 Å². The molecule has 1 amide bonds. The number of hydrogen-bond acceptors (Lipinski definition) is 4. The minimum Gasteiger partial charge on any atom is -0.506 e. The Kier molecular flexibility index (Phi) is 7.27. The Morgan fingerprint density at radius 2 is 1.88 bits per heavy atom. The molecule has 2 rings (SSSR count). The summed E-state index contributed by atoms with van der Waals surface area (Å²) in [6.45, 7) is 6.28. The molecule has 26 heavy (non-hydrogen) atoms. The van der Waals surface area contributed by atoms with Crippen LogP contribution in [0.1, 0.15) is 31.9 Å². The second-order valence-electron chi connectivity index (χ2n) is 6.68. The van der Waals surface area contributed by atoms with Gasteiger partial charge in [-0.1, -0.05) is 32.9 Å². The van der Waals surface area contributed by atoms with Crippen LogP contribution >= 0.6 is 45.2 Å². The van der Waals surface area contributed by atoms with E-state index in [1.165, 1.54) is 11.8 Å². The van der Waals surface area contributed by atoms with Gasteiger partial charge in [-0.3, -0.25) is 4.79 Å². The summed E-state index contributed by atoms with van der Waals surface area (Å²) < 4.78 is 7.16. The van der Waals surface area contributed by atoms with Gasteiger partial charge in [-0.25, -0.2) is 5.43 Å². The summed E-state index contributed by atoms with van der Waals surface area (Å²) in [4.78, 5) is 11.8. The van der Waals surface area contributed by atoms with Crippen molar-refractivity contribution in [3.63, 3.8) is 0 Å². The van der Waals surface area contributed by atoms with Gasteiger partial charge in [-0.05, 0) is 80.4 Å². The van der Waals surface area contributed by atoms with Gasteiger partial charge in [0.25, 0.3) is 5.91 Å². The highest BCUT2D eigenvalue weighted by molar-refractivity contribution is 14.1. The van der Waals surface area contributed by atoms with E-state index in [0.29, 0.717) is 11.3 Å². The maximum Gasteiger partial charge on any atom is 0.277 e. The van der Waals surface area contributed by atoms with E-state index >= 15 is 0 Å². The molecule has 138 valence electrons. The van der Waals surface area contributed by atoms with Crippen LogP contribution in [0.2, 0.25) is 0 Å². The summed E-state index contributed by atoms with van der Waals surface area (Å²) in [5.74, 6) is 0.391. The highest BCUT2D eigenvalue weighted by atomic mass is 127. The predicted molar refractivity (Wildman–Crippen MR) is 120 cm³/mol. The van der Waals surface area contributed by atoms with E-state index in [1.807, 2.05) is 52.9 Å². The van der Waals surface area contributed by atoms with Crippen LogP contribution in [0.3, 0.4) is 0 Å². The van der Waals surface area contributed by atoms with Crippen molar-refractivity contribution in [1.29, 1.82) is 0 Å². The zero-order valence-corrected chi connectivity index (χ0v) is 19.0. The number of rotatable bonds is 5. The molecular weight excluding hydrogens is 558 g/mol. The molecule has 0 heterocycles. The number of hydrazone groups is 1. The minimum absolute atomic E-state index is 0.0727. The van der Waals surface area contributed by atoms with Crippen LogP contribution in [-0.2, 0) is 10.2 Å². The third kappa shape index (κ3) is 6.11. The zero-order chi connectivity index (χ0) is 19.3. The number of halogens is 2. The van der Waals surface area contributed by atoms with E-state index in [-0.39, 0.29) is 23.7 Å². The number of hydrogen-bond donors (Lipinski definition) is 2. The van der Waals surface area contributed by atoms with Gasteiger partial charge in [-0.2, -0.15) is 5.10 Å². The van der Waals surface area contributed by atoms with E-state index in [1.54, 1.807) is 6.07 Å². The summed E-state index contributed by atoms with van der Waals surface area (Å²) in [6.07, 6.45) is 1.41. The molecule has 0 atom stereocenters. The smallest absolute Gasteiger partial charge is 0.277 e. The fraction of sp³-hybridized carbons (Fsp3) is 0.263. The number of amides is 1. The molecule has 0 unspecified atom stereocenters. The number of aromatic hydroxyl groups is 1. The Morgan fingerprint density at radius 1 is 1.23 bits per heavy atom. The van der Waals surface area contributed by atoms with E-state index in [9.17, 15) is 9.90 Å². The van der Waals surface area contributed by atoms with Gasteiger partial charge in [0.05, 0.1) is 9.78 Å². The van der Waals surface area contributed by atoms with Gasteiger partial charge in [0.2, 0.25) is 0 Å². The SMILES string of the molecule is CC(C)(C)c1ccc(OCC(=O)N/N=C\c2cc(I)cc(I)c2O)cc1. The van der Waals surface area contributed by atoms with Gasteiger partial charge in [0.15, 0.2) is 6.61 Å². The molecule has 2 aromatic rings. The number of ether oxygens (including phenoxy) is 1. The Labute approximate surface area is 180 Å². The first kappa shape index (κ1) is 20.9. The van der Waals surface area contributed by atoms with E-state index in [4.69, 9.17) is 4.74 Å². The highest BCUT2D eigenvalue weighted by Crippen LogP contribution is 2.26. The molecule has 0 radical (unpaired) electrons. The van der Waals surface area contributed by atoms with Crippen molar-refractivity contribution < 1.29 is 14.6 Å². The van der Waals surface area contributed by atoms with Gasteiger partial charge in [0.1, 0.15) is 11.5 Å². The lowest BCUT2D eigenvalue weighted by molar-refractivity contribution is -0.123. The van der Waals surface area contributed by atoms with E-state index in [2.05, 4.69) is 53.9 Å². The standard InChI is InChI=1S/C19H20I2N2O3/c1-19(2,3)13-4-6-15(7-5-13)26-11-17(24)23-22-10-12-8-14(20)9-16(21)18(12)25/h4-10,25H,11H2,1-3H3,(H,23,24)/b22-10-. The largest absolute Gasteiger partial charge is 0.506 e. The fourth-order valence-corrected chi connectivity index (χ4v) is 3.98. The number of nitrogens with one attached hydrogen (secondary N) is 1. The second-order valence-corrected chi connectivity index (χ2v) is 9.09. The van der Waals surface area contributed by atoms with Crippen molar-refractivity contribution in [2.75, 3.05) is 6.61 Å². The van der Waals surface area contributed by atoms with Crippen LogP contribution in [-0.4, -0.2) is 23.8 Å². The summed E-state index contributed by atoms with van der Waals surface area (Å²) in [5.41, 5.74) is 4.21. The van der Waals surface area contributed by atoms with Gasteiger partial charge in [-0.15, -0.1) is 0 Å². The van der Waals surface area contributed by atoms with Crippen molar-refractivity contribution in [3.8, 4) is 11.5 Å². The first-order chi connectivity index (χ1) is 12.2. The number of phenolic OH excluding ortho intramolecular Hbond substituents is 1. The Morgan fingerprint density at radius 3 is 2.50 bits per heavy atom. The lowest BCUT2D eigenvalue weighted by Gasteiger charge is -2.19.